The number of hydrogen-bond acceptors (Lipinski definition) is 4. The summed E-state index contributed by atoms with van der Waals surface area (Å²) in [6, 6.07) is 17.8. The number of carbonyl (C=O) groups is 2. The number of ether oxygens (including phenoxy) is 1. The summed E-state index contributed by atoms with van der Waals surface area (Å²) in [6.07, 6.45) is 1.63. The van der Waals surface area contributed by atoms with Crippen LogP contribution in [0.3, 0.4) is 0 Å². The molecule has 0 bridgehead atoms. The molecule has 6 nitrogen and oxygen atoms in total. The number of fused-ring (bicyclic) bond motifs is 2. The summed E-state index contributed by atoms with van der Waals surface area (Å²) in [6.45, 7) is 3.97. The Labute approximate surface area is 183 Å². The molecule has 2 aromatic rings. The number of rotatable bonds is 4. The fourth-order valence-electron chi connectivity index (χ4n) is 5.66. The van der Waals surface area contributed by atoms with Gasteiger partial charge in [-0.15, -0.1) is 0 Å². The average Bonchev–Trinajstić information content (AvgIpc) is 3.33. The summed E-state index contributed by atoms with van der Waals surface area (Å²) in [4.78, 5) is 30.1. The molecule has 1 spiro atoms. The highest BCUT2D eigenvalue weighted by molar-refractivity contribution is 5.94. The first-order chi connectivity index (χ1) is 15.1. The van der Waals surface area contributed by atoms with Gasteiger partial charge in [0.25, 0.3) is 5.91 Å². The normalized spacial score (nSPS) is 24.8. The first kappa shape index (κ1) is 20.1. The van der Waals surface area contributed by atoms with Gasteiger partial charge in [-0.05, 0) is 36.6 Å². The van der Waals surface area contributed by atoms with E-state index in [2.05, 4.69) is 34.5 Å². The van der Waals surface area contributed by atoms with Crippen LogP contribution in [0, 0.1) is 11.8 Å². The largest absolute Gasteiger partial charge is 0.497 e. The van der Waals surface area contributed by atoms with Crippen LogP contribution in [0.15, 0.2) is 54.6 Å². The van der Waals surface area contributed by atoms with Crippen molar-refractivity contribution in [2.24, 2.45) is 11.8 Å². The van der Waals surface area contributed by atoms with E-state index >= 15 is 0 Å². The molecule has 31 heavy (non-hydrogen) atoms. The highest BCUT2D eigenvalue weighted by atomic mass is 16.5. The monoisotopic (exact) mass is 419 g/mol. The average molecular weight is 420 g/mol. The van der Waals surface area contributed by atoms with Gasteiger partial charge in [-0.1, -0.05) is 36.4 Å². The molecule has 2 atom stereocenters. The number of methoxy groups -OCH3 is 1. The molecular weight excluding hydrogens is 390 g/mol. The summed E-state index contributed by atoms with van der Waals surface area (Å²) in [5.41, 5.74) is 1.76. The third-order valence-corrected chi connectivity index (χ3v) is 7.32. The Bertz CT molecular complexity index is 969. The maximum absolute atomic E-state index is 13.0. The summed E-state index contributed by atoms with van der Waals surface area (Å²) in [7, 11) is 1.61. The first-order valence-corrected chi connectivity index (χ1v) is 11.1. The van der Waals surface area contributed by atoms with Crippen LogP contribution in [-0.4, -0.2) is 60.4 Å². The van der Waals surface area contributed by atoms with Crippen LogP contribution in [0.2, 0.25) is 0 Å². The van der Waals surface area contributed by atoms with Gasteiger partial charge >= 0.3 is 0 Å². The molecule has 0 radical (unpaired) electrons. The molecule has 3 saturated heterocycles. The lowest BCUT2D eigenvalue weighted by Crippen LogP contribution is -2.56. The zero-order valence-electron chi connectivity index (χ0n) is 17.9. The summed E-state index contributed by atoms with van der Waals surface area (Å²) in [5, 5.41) is 3.35. The van der Waals surface area contributed by atoms with Crippen molar-refractivity contribution in [3.63, 3.8) is 0 Å². The maximum atomic E-state index is 13.0. The highest BCUT2D eigenvalue weighted by Crippen LogP contribution is 2.44. The van der Waals surface area contributed by atoms with Crippen molar-refractivity contribution in [1.82, 2.24) is 15.1 Å². The summed E-state index contributed by atoms with van der Waals surface area (Å²) < 4.78 is 5.26. The number of amides is 2. The second kappa shape index (κ2) is 8.00. The van der Waals surface area contributed by atoms with Crippen LogP contribution in [0.1, 0.15) is 28.8 Å². The zero-order valence-corrected chi connectivity index (χ0v) is 17.9. The highest BCUT2D eigenvalue weighted by Gasteiger charge is 2.57. The van der Waals surface area contributed by atoms with Crippen molar-refractivity contribution in [3.8, 4) is 5.75 Å². The number of likely N-dealkylation sites (tertiary alicyclic amines) is 2. The Kier molecular flexibility index (Phi) is 5.18. The van der Waals surface area contributed by atoms with E-state index in [0.717, 1.165) is 32.5 Å². The Hall–Kier alpha value is -2.86. The molecule has 0 aliphatic carbocycles. The number of carbonyl (C=O) groups excluding carboxylic acids is 2. The predicted octanol–water partition coefficient (Wildman–Crippen LogP) is 2.55. The van der Waals surface area contributed by atoms with E-state index in [1.807, 2.05) is 29.2 Å². The van der Waals surface area contributed by atoms with Crippen molar-refractivity contribution in [2.75, 3.05) is 33.3 Å². The van der Waals surface area contributed by atoms with Gasteiger partial charge in [0.05, 0.1) is 13.0 Å². The van der Waals surface area contributed by atoms with E-state index < -0.39 is 0 Å². The molecule has 5 rings (SSSR count). The van der Waals surface area contributed by atoms with Crippen LogP contribution in [0.25, 0.3) is 0 Å². The Balaban J connectivity index is 1.25. The van der Waals surface area contributed by atoms with Gasteiger partial charge in [-0.2, -0.15) is 0 Å². The van der Waals surface area contributed by atoms with Crippen LogP contribution in [0.5, 0.6) is 5.75 Å². The van der Waals surface area contributed by atoms with Gasteiger partial charge in [0.1, 0.15) is 5.75 Å². The molecule has 0 saturated carbocycles. The first-order valence-electron chi connectivity index (χ1n) is 11.1. The molecule has 6 heteroatoms. The van der Waals surface area contributed by atoms with E-state index in [9.17, 15) is 9.59 Å². The van der Waals surface area contributed by atoms with E-state index in [1.54, 1.807) is 13.2 Å². The number of hydrogen-bond donors (Lipinski definition) is 1. The van der Waals surface area contributed by atoms with Crippen LogP contribution >= 0.6 is 0 Å². The SMILES string of the molecule is COc1cccc(C(=O)N2CCC3(CC2)NC(=O)[C@@H]2CN(Cc4ccccc4)C[C@@H]23)c1. The van der Waals surface area contributed by atoms with E-state index in [1.165, 1.54) is 5.56 Å². The van der Waals surface area contributed by atoms with Crippen molar-refractivity contribution in [1.29, 1.82) is 0 Å². The lowest BCUT2D eigenvalue weighted by molar-refractivity contribution is -0.123. The molecule has 0 aromatic heterocycles. The zero-order chi connectivity index (χ0) is 21.4. The molecule has 3 fully saturated rings. The van der Waals surface area contributed by atoms with Crippen LogP contribution in [0.4, 0.5) is 0 Å². The second-order valence-corrected chi connectivity index (χ2v) is 9.06. The smallest absolute Gasteiger partial charge is 0.253 e. The Morgan fingerprint density at radius 3 is 2.61 bits per heavy atom. The minimum Gasteiger partial charge on any atom is -0.497 e. The van der Waals surface area contributed by atoms with E-state index in [4.69, 9.17) is 4.74 Å². The molecule has 0 unspecified atom stereocenters. The van der Waals surface area contributed by atoms with E-state index in [-0.39, 0.29) is 23.3 Å². The minimum absolute atomic E-state index is 0.0340. The van der Waals surface area contributed by atoms with E-state index in [0.29, 0.717) is 30.3 Å². The quantitative estimate of drug-likeness (QED) is 0.828. The molecule has 3 aliphatic heterocycles. The van der Waals surface area contributed by atoms with Gasteiger partial charge in [-0.25, -0.2) is 0 Å². The third-order valence-electron chi connectivity index (χ3n) is 7.32. The second-order valence-electron chi connectivity index (χ2n) is 9.06. The number of benzene rings is 2. The van der Waals surface area contributed by atoms with Crippen molar-refractivity contribution < 1.29 is 14.3 Å². The minimum atomic E-state index is -0.182. The van der Waals surface area contributed by atoms with Gasteiger partial charge in [0, 0.05) is 49.7 Å². The molecule has 2 amide bonds. The fourth-order valence-corrected chi connectivity index (χ4v) is 5.66. The fraction of sp³-hybridized carbons (Fsp3) is 0.440. The number of nitrogens with zero attached hydrogens (tertiary/aromatic N) is 2. The molecule has 3 heterocycles. The van der Waals surface area contributed by atoms with Gasteiger partial charge in [0.2, 0.25) is 5.91 Å². The number of nitrogens with one attached hydrogen (secondary N) is 1. The van der Waals surface area contributed by atoms with Crippen molar-refractivity contribution >= 4 is 11.8 Å². The van der Waals surface area contributed by atoms with Gasteiger partial charge in [-0.3, -0.25) is 14.5 Å². The lowest BCUT2D eigenvalue weighted by atomic mass is 9.75. The van der Waals surface area contributed by atoms with Crippen LogP contribution < -0.4 is 10.1 Å². The third kappa shape index (κ3) is 3.69. The van der Waals surface area contributed by atoms with Crippen LogP contribution in [-0.2, 0) is 11.3 Å². The number of piperidine rings is 1. The molecule has 3 aliphatic rings. The lowest BCUT2D eigenvalue weighted by Gasteiger charge is -2.42. The standard InChI is InChI=1S/C25H29N3O3/c1-31-20-9-5-8-19(14-20)24(30)28-12-10-25(11-13-28)22-17-27(16-21(22)23(29)26-25)15-18-6-3-2-4-7-18/h2-9,14,21-22H,10-13,15-17H2,1H3,(H,26,29)/t21-,22+/m1/s1. The van der Waals surface area contributed by atoms with Crippen molar-refractivity contribution in [3.05, 3.63) is 65.7 Å². The Morgan fingerprint density at radius 1 is 1.10 bits per heavy atom. The molecule has 1 N–H and O–H groups in total. The Morgan fingerprint density at radius 2 is 1.87 bits per heavy atom. The summed E-state index contributed by atoms with van der Waals surface area (Å²) >= 11 is 0. The molecular formula is C25H29N3O3. The maximum Gasteiger partial charge on any atom is 0.253 e. The molecule has 2 aromatic carbocycles. The topological polar surface area (TPSA) is 61.9 Å². The molecule has 162 valence electrons. The van der Waals surface area contributed by atoms with Gasteiger partial charge in [0.15, 0.2) is 0 Å². The van der Waals surface area contributed by atoms with Crippen molar-refractivity contribution in [2.45, 2.75) is 24.9 Å². The predicted molar refractivity (Wildman–Crippen MR) is 118 cm³/mol. The van der Waals surface area contributed by atoms with Gasteiger partial charge < -0.3 is 15.0 Å². The summed E-state index contributed by atoms with van der Waals surface area (Å²) in [5.74, 6) is 1.29.